The SMILES string of the molecule is Cc1cccc([C@@H](NCCN2C(=O)CNC2=O)C(C)(C)C)c1. The summed E-state index contributed by atoms with van der Waals surface area (Å²) in [5.74, 6) is -0.158. The minimum absolute atomic E-state index is 0.0328. The van der Waals surface area contributed by atoms with Crippen molar-refractivity contribution in [3.8, 4) is 0 Å². The van der Waals surface area contributed by atoms with Crippen molar-refractivity contribution in [1.29, 1.82) is 0 Å². The lowest BCUT2D eigenvalue weighted by atomic mass is 9.82. The normalized spacial score (nSPS) is 16.8. The number of urea groups is 1. The molecule has 5 nitrogen and oxygen atoms in total. The average Bonchev–Trinajstić information content (AvgIpc) is 2.73. The van der Waals surface area contributed by atoms with Gasteiger partial charge >= 0.3 is 6.03 Å². The van der Waals surface area contributed by atoms with Crippen molar-refractivity contribution >= 4 is 11.9 Å². The molecule has 1 aliphatic heterocycles. The van der Waals surface area contributed by atoms with Gasteiger partial charge in [-0.1, -0.05) is 50.6 Å². The van der Waals surface area contributed by atoms with Crippen molar-refractivity contribution in [3.63, 3.8) is 0 Å². The molecule has 5 heteroatoms. The number of nitrogens with one attached hydrogen (secondary N) is 2. The van der Waals surface area contributed by atoms with Gasteiger partial charge < -0.3 is 10.6 Å². The number of hydrogen-bond donors (Lipinski definition) is 2. The monoisotopic (exact) mass is 303 g/mol. The van der Waals surface area contributed by atoms with Gasteiger partial charge in [0.1, 0.15) is 0 Å². The van der Waals surface area contributed by atoms with Crippen molar-refractivity contribution in [3.05, 3.63) is 35.4 Å². The van der Waals surface area contributed by atoms with Crippen molar-refractivity contribution in [2.75, 3.05) is 19.6 Å². The first-order valence-electron chi connectivity index (χ1n) is 7.67. The molecule has 2 rings (SSSR count). The Morgan fingerprint density at radius 3 is 2.59 bits per heavy atom. The highest BCUT2D eigenvalue weighted by Crippen LogP contribution is 2.32. The second-order valence-corrected chi connectivity index (χ2v) is 6.87. The Bertz CT molecular complexity index is 547. The fourth-order valence-electron chi connectivity index (χ4n) is 2.78. The van der Waals surface area contributed by atoms with E-state index in [1.165, 1.54) is 16.0 Å². The Morgan fingerprint density at radius 2 is 2.05 bits per heavy atom. The van der Waals surface area contributed by atoms with Crippen LogP contribution in [0.3, 0.4) is 0 Å². The lowest BCUT2D eigenvalue weighted by Gasteiger charge is -2.33. The first kappa shape index (κ1) is 16.5. The van der Waals surface area contributed by atoms with Crippen LogP contribution in [0.5, 0.6) is 0 Å². The number of hydrogen-bond acceptors (Lipinski definition) is 3. The third-order valence-corrected chi connectivity index (χ3v) is 3.86. The van der Waals surface area contributed by atoms with E-state index in [-0.39, 0.29) is 29.9 Å². The Labute approximate surface area is 132 Å². The zero-order chi connectivity index (χ0) is 16.3. The molecule has 1 atom stereocenters. The van der Waals surface area contributed by atoms with E-state index in [0.717, 1.165) is 0 Å². The number of carbonyl (C=O) groups is 2. The molecule has 0 unspecified atom stereocenters. The van der Waals surface area contributed by atoms with Crippen LogP contribution in [0.25, 0.3) is 0 Å². The van der Waals surface area contributed by atoms with Gasteiger partial charge in [0.25, 0.3) is 0 Å². The van der Waals surface area contributed by atoms with Crippen LogP contribution >= 0.6 is 0 Å². The van der Waals surface area contributed by atoms with Gasteiger partial charge in [-0.2, -0.15) is 0 Å². The van der Waals surface area contributed by atoms with E-state index < -0.39 is 0 Å². The minimum atomic E-state index is -0.297. The summed E-state index contributed by atoms with van der Waals surface area (Å²) in [5, 5.41) is 6.03. The van der Waals surface area contributed by atoms with Gasteiger partial charge in [-0.15, -0.1) is 0 Å². The number of rotatable bonds is 5. The first-order chi connectivity index (χ1) is 10.3. The third kappa shape index (κ3) is 3.85. The molecule has 1 aliphatic rings. The van der Waals surface area contributed by atoms with Crippen LogP contribution in [-0.2, 0) is 4.79 Å². The molecule has 2 N–H and O–H groups in total. The molecule has 0 aliphatic carbocycles. The molecule has 0 saturated carbocycles. The summed E-state index contributed by atoms with van der Waals surface area (Å²) >= 11 is 0. The van der Waals surface area contributed by atoms with Crippen LogP contribution in [0, 0.1) is 12.3 Å². The molecule has 0 aromatic heterocycles. The summed E-state index contributed by atoms with van der Waals surface area (Å²) in [5.41, 5.74) is 2.48. The maximum atomic E-state index is 11.6. The summed E-state index contributed by atoms with van der Waals surface area (Å²) in [6.45, 7) is 9.70. The number of carbonyl (C=O) groups excluding carboxylic acids is 2. The van der Waals surface area contributed by atoms with Gasteiger partial charge in [-0.3, -0.25) is 9.69 Å². The Balaban J connectivity index is 2.02. The third-order valence-electron chi connectivity index (χ3n) is 3.86. The Hall–Kier alpha value is -1.88. The van der Waals surface area contributed by atoms with Gasteiger partial charge in [0.2, 0.25) is 5.91 Å². The highest BCUT2D eigenvalue weighted by Gasteiger charge is 2.29. The zero-order valence-electron chi connectivity index (χ0n) is 13.8. The van der Waals surface area contributed by atoms with E-state index in [4.69, 9.17) is 0 Å². The van der Waals surface area contributed by atoms with E-state index in [2.05, 4.69) is 62.6 Å². The fraction of sp³-hybridized carbons (Fsp3) is 0.529. The van der Waals surface area contributed by atoms with Crippen molar-refractivity contribution in [1.82, 2.24) is 15.5 Å². The quantitative estimate of drug-likeness (QED) is 0.820. The van der Waals surface area contributed by atoms with Gasteiger partial charge in [-0.05, 0) is 17.9 Å². The highest BCUT2D eigenvalue weighted by molar-refractivity contribution is 6.01. The molecule has 0 bridgehead atoms. The Kier molecular flexibility index (Phi) is 4.86. The van der Waals surface area contributed by atoms with Crippen LogP contribution < -0.4 is 10.6 Å². The predicted octanol–water partition coefficient (Wildman–Crippen LogP) is 2.22. The molecule has 0 radical (unpaired) electrons. The molecular formula is C17H25N3O2. The molecule has 120 valence electrons. The Morgan fingerprint density at radius 1 is 1.32 bits per heavy atom. The van der Waals surface area contributed by atoms with Crippen LogP contribution in [0.4, 0.5) is 4.79 Å². The maximum Gasteiger partial charge on any atom is 0.324 e. The average molecular weight is 303 g/mol. The van der Waals surface area contributed by atoms with E-state index >= 15 is 0 Å². The molecule has 0 spiro atoms. The topological polar surface area (TPSA) is 61.4 Å². The molecule has 3 amide bonds. The number of nitrogens with zero attached hydrogens (tertiary/aromatic N) is 1. The molecule has 1 aromatic rings. The smallest absolute Gasteiger partial charge is 0.324 e. The number of amides is 3. The van der Waals surface area contributed by atoms with Crippen LogP contribution in [0.15, 0.2) is 24.3 Å². The summed E-state index contributed by atoms with van der Waals surface area (Å²) in [6, 6.07) is 8.29. The van der Waals surface area contributed by atoms with E-state index in [1.54, 1.807) is 0 Å². The molecule has 1 aromatic carbocycles. The van der Waals surface area contributed by atoms with Gasteiger partial charge in [0, 0.05) is 19.1 Å². The lowest BCUT2D eigenvalue weighted by molar-refractivity contribution is -0.124. The second kappa shape index (κ2) is 6.48. The van der Waals surface area contributed by atoms with Crippen molar-refractivity contribution in [2.24, 2.45) is 5.41 Å². The largest absolute Gasteiger partial charge is 0.329 e. The van der Waals surface area contributed by atoms with Crippen LogP contribution in [0.2, 0.25) is 0 Å². The number of benzene rings is 1. The lowest BCUT2D eigenvalue weighted by Crippen LogP contribution is -2.40. The van der Waals surface area contributed by atoms with Gasteiger partial charge in [0.05, 0.1) is 6.54 Å². The van der Waals surface area contributed by atoms with Gasteiger partial charge in [0.15, 0.2) is 0 Å². The van der Waals surface area contributed by atoms with E-state index in [1.807, 2.05) is 0 Å². The second-order valence-electron chi connectivity index (χ2n) is 6.87. The molecule has 22 heavy (non-hydrogen) atoms. The van der Waals surface area contributed by atoms with Crippen molar-refractivity contribution in [2.45, 2.75) is 33.7 Å². The molecular weight excluding hydrogens is 278 g/mol. The highest BCUT2D eigenvalue weighted by atomic mass is 16.2. The standard InChI is InChI=1S/C17H25N3O2/c1-12-6-5-7-13(10-12)15(17(2,3)4)18-8-9-20-14(21)11-19-16(20)22/h5-7,10,15,18H,8-9,11H2,1-4H3,(H,19,22)/t15-/m1/s1. The number of aryl methyl sites for hydroxylation is 1. The van der Waals surface area contributed by atoms with Crippen molar-refractivity contribution < 1.29 is 9.59 Å². The summed E-state index contributed by atoms with van der Waals surface area (Å²) in [4.78, 5) is 24.4. The van der Waals surface area contributed by atoms with E-state index in [9.17, 15) is 9.59 Å². The summed E-state index contributed by atoms with van der Waals surface area (Å²) in [6.07, 6.45) is 0. The summed E-state index contributed by atoms with van der Waals surface area (Å²) in [7, 11) is 0. The zero-order valence-corrected chi connectivity index (χ0v) is 13.8. The maximum absolute atomic E-state index is 11.6. The summed E-state index contributed by atoms with van der Waals surface area (Å²) < 4.78 is 0. The minimum Gasteiger partial charge on any atom is -0.329 e. The van der Waals surface area contributed by atoms with E-state index in [0.29, 0.717) is 13.1 Å². The van der Waals surface area contributed by atoms with Crippen LogP contribution in [0.1, 0.15) is 37.9 Å². The molecule has 1 fully saturated rings. The number of imide groups is 1. The molecule has 1 heterocycles. The van der Waals surface area contributed by atoms with Gasteiger partial charge in [-0.25, -0.2) is 4.79 Å². The van der Waals surface area contributed by atoms with Crippen LogP contribution in [-0.4, -0.2) is 36.5 Å². The fourth-order valence-corrected chi connectivity index (χ4v) is 2.78. The molecule has 1 saturated heterocycles. The predicted molar refractivity (Wildman–Crippen MR) is 86.5 cm³/mol. The first-order valence-corrected chi connectivity index (χ1v) is 7.67.